The maximum Gasteiger partial charge on any atom is 0.184 e. The minimum atomic E-state index is 0.670. The molecule has 106 valence electrons. The fraction of sp³-hybridized carbons (Fsp3) is 0.533. The zero-order valence-corrected chi connectivity index (χ0v) is 12.1. The molecule has 5 heteroatoms. The highest BCUT2D eigenvalue weighted by Gasteiger charge is 2.25. The number of benzene rings is 1. The summed E-state index contributed by atoms with van der Waals surface area (Å²) in [6, 6.07) is 5.99. The van der Waals surface area contributed by atoms with Crippen LogP contribution in [0.5, 0.6) is 0 Å². The quantitative estimate of drug-likeness (QED) is 0.871. The molecule has 0 amide bonds. The SMILES string of the molecule is Cc1cccc(-c2nnnn2CC2CCCC2C)c1N. The third-order valence-corrected chi connectivity index (χ3v) is 4.54. The maximum atomic E-state index is 6.17. The Kier molecular flexibility index (Phi) is 3.42. The highest BCUT2D eigenvalue weighted by molar-refractivity contribution is 5.73. The zero-order chi connectivity index (χ0) is 14.1. The third-order valence-electron chi connectivity index (χ3n) is 4.54. The van der Waals surface area contributed by atoms with E-state index in [-0.39, 0.29) is 0 Å². The van der Waals surface area contributed by atoms with Gasteiger partial charge in [0.05, 0.1) is 0 Å². The Hall–Kier alpha value is -1.91. The molecule has 0 bridgehead atoms. The third kappa shape index (κ3) is 2.28. The summed E-state index contributed by atoms with van der Waals surface area (Å²) in [5, 5.41) is 12.2. The summed E-state index contributed by atoms with van der Waals surface area (Å²) in [5.41, 5.74) is 8.93. The lowest BCUT2D eigenvalue weighted by atomic mass is 9.98. The topological polar surface area (TPSA) is 69.6 Å². The normalized spacial score (nSPS) is 22.3. The average Bonchev–Trinajstić information content (AvgIpc) is 3.04. The van der Waals surface area contributed by atoms with Gasteiger partial charge in [-0.1, -0.05) is 31.9 Å². The minimum absolute atomic E-state index is 0.670. The van der Waals surface area contributed by atoms with Gasteiger partial charge in [-0.25, -0.2) is 4.68 Å². The van der Waals surface area contributed by atoms with Gasteiger partial charge in [0.1, 0.15) is 0 Å². The smallest absolute Gasteiger partial charge is 0.184 e. The first kappa shape index (κ1) is 13.1. The second-order valence-electron chi connectivity index (χ2n) is 5.89. The van der Waals surface area contributed by atoms with Crippen LogP contribution in [0, 0.1) is 18.8 Å². The van der Waals surface area contributed by atoms with Crippen LogP contribution in [0.25, 0.3) is 11.4 Å². The predicted octanol–water partition coefficient (Wildman–Crippen LogP) is 2.67. The molecule has 5 nitrogen and oxygen atoms in total. The van der Waals surface area contributed by atoms with E-state index in [4.69, 9.17) is 5.73 Å². The number of tetrazole rings is 1. The Morgan fingerprint density at radius 1 is 1.35 bits per heavy atom. The number of nitrogens with two attached hydrogens (primary N) is 1. The fourth-order valence-electron chi connectivity index (χ4n) is 3.11. The zero-order valence-electron chi connectivity index (χ0n) is 12.1. The molecule has 0 aliphatic heterocycles. The Morgan fingerprint density at radius 2 is 2.20 bits per heavy atom. The molecular weight excluding hydrogens is 250 g/mol. The molecule has 1 heterocycles. The number of anilines is 1. The van der Waals surface area contributed by atoms with Gasteiger partial charge in [-0.2, -0.15) is 0 Å². The molecule has 1 aromatic heterocycles. The molecule has 2 unspecified atom stereocenters. The van der Waals surface area contributed by atoms with Crippen LogP contribution >= 0.6 is 0 Å². The summed E-state index contributed by atoms with van der Waals surface area (Å²) < 4.78 is 1.91. The van der Waals surface area contributed by atoms with E-state index in [1.54, 1.807) is 0 Å². The van der Waals surface area contributed by atoms with Gasteiger partial charge in [0, 0.05) is 17.8 Å². The molecule has 2 atom stereocenters. The number of aryl methyl sites for hydroxylation is 1. The van der Waals surface area contributed by atoms with E-state index in [1.165, 1.54) is 19.3 Å². The molecule has 0 saturated heterocycles. The summed E-state index contributed by atoms with van der Waals surface area (Å²) in [7, 11) is 0. The van der Waals surface area contributed by atoms with Gasteiger partial charge >= 0.3 is 0 Å². The average molecular weight is 271 g/mol. The Bertz CT molecular complexity index is 604. The van der Waals surface area contributed by atoms with E-state index in [2.05, 4.69) is 22.4 Å². The van der Waals surface area contributed by atoms with Gasteiger partial charge in [0.2, 0.25) is 0 Å². The van der Waals surface area contributed by atoms with E-state index in [9.17, 15) is 0 Å². The highest BCUT2D eigenvalue weighted by atomic mass is 15.5. The molecule has 1 saturated carbocycles. The Balaban J connectivity index is 1.92. The van der Waals surface area contributed by atoms with Crippen molar-refractivity contribution in [3.63, 3.8) is 0 Å². The van der Waals surface area contributed by atoms with Crippen molar-refractivity contribution >= 4 is 5.69 Å². The summed E-state index contributed by atoms with van der Waals surface area (Å²) >= 11 is 0. The van der Waals surface area contributed by atoms with Gasteiger partial charge in [-0.05, 0) is 47.2 Å². The number of rotatable bonds is 3. The van der Waals surface area contributed by atoms with Gasteiger partial charge in [0.25, 0.3) is 0 Å². The molecule has 0 radical (unpaired) electrons. The van der Waals surface area contributed by atoms with E-state index in [0.29, 0.717) is 5.92 Å². The second kappa shape index (κ2) is 5.23. The molecule has 1 aliphatic rings. The summed E-state index contributed by atoms with van der Waals surface area (Å²) in [4.78, 5) is 0. The molecule has 3 rings (SSSR count). The van der Waals surface area contributed by atoms with E-state index in [1.807, 2.05) is 29.8 Å². The van der Waals surface area contributed by atoms with Gasteiger partial charge in [-0.3, -0.25) is 0 Å². The van der Waals surface area contributed by atoms with Crippen molar-refractivity contribution in [2.24, 2.45) is 11.8 Å². The predicted molar refractivity (Wildman–Crippen MR) is 78.9 cm³/mol. The molecule has 1 fully saturated rings. The van der Waals surface area contributed by atoms with Crippen LogP contribution in [0.1, 0.15) is 31.7 Å². The highest BCUT2D eigenvalue weighted by Crippen LogP contribution is 2.33. The number of aromatic nitrogens is 4. The molecule has 1 aliphatic carbocycles. The number of nitrogen functional groups attached to an aromatic ring is 1. The van der Waals surface area contributed by atoms with Crippen molar-refractivity contribution in [1.82, 2.24) is 20.2 Å². The number of nitrogens with zero attached hydrogens (tertiary/aromatic N) is 4. The van der Waals surface area contributed by atoms with Crippen molar-refractivity contribution in [3.05, 3.63) is 23.8 Å². The molecule has 2 N–H and O–H groups in total. The molecule has 20 heavy (non-hydrogen) atoms. The van der Waals surface area contributed by atoms with Crippen LogP contribution in [0.4, 0.5) is 5.69 Å². The molecule has 2 aromatic rings. The van der Waals surface area contributed by atoms with Crippen molar-refractivity contribution in [2.75, 3.05) is 5.73 Å². The van der Waals surface area contributed by atoms with E-state index >= 15 is 0 Å². The van der Waals surface area contributed by atoms with Crippen molar-refractivity contribution in [3.8, 4) is 11.4 Å². The maximum absolute atomic E-state index is 6.17. The molecule has 0 spiro atoms. The van der Waals surface area contributed by atoms with Crippen LogP contribution in [0.15, 0.2) is 18.2 Å². The lowest BCUT2D eigenvalue weighted by Gasteiger charge is -2.16. The first-order valence-corrected chi connectivity index (χ1v) is 7.28. The first-order valence-electron chi connectivity index (χ1n) is 7.28. The van der Waals surface area contributed by atoms with Crippen LogP contribution < -0.4 is 5.73 Å². The summed E-state index contributed by atoms with van der Waals surface area (Å²) in [6.45, 7) is 5.21. The van der Waals surface area contributed by atoms with Gasteiger partial charge in [0.15, 0.2) is 5.82 Å². The number of hydrogen-bond donors (Lipinski definition) is 1. The Morgan fingerprint density at radius 3 is 2.95 bits per heavy atom. The van der Waals surface area contributed by atoms with Gasteiger partial charge in [-0.15, -0.1) is 5.10 Å². The summed E-state index contributed by atoms with van der Waals surface area (Å²) in [5.74, 6) is 2.20. The van der Waals surface area contributed by atoms with Crippen LogP contribution in [-0.4, -0.2) is 20.2 Å². The molecular formula is C15H21N5. The lowest BCUT2D eigenvalue weighted by molar-refractivity contribution is 0.346. The van der Waals surface area contributed by atoms with Crippen molar-refractivity contribution in [1.29, 1.82) is 0 Å². The Labute approximate surface area is 119 Å². The summed E-state index contributed by atoms with van der Waals surface area (Å²) in [6.07, 6.45) is 3.90. The number of hydrogen-bond acceptors (Lipinski definition) is 4. The standard InChI is InChI=1S/C15H21N5/c1-10-5-3-7-12(10)9-20-15(17-18-19-20)13-8-4-6-11(2)14(13)16/h4,6,8,10,12H,3,5,7,9,16H2,1-2H3. The van der Waals surface area contributed by atoms with Crippen LogP contribution in [0.3, 0.4) is 0 Å². The second-order valence-corrected chi connectivity index (χ2v) is 5.89. The number of para-hydroxylation sites is 1. The van der Waals surface area contributed by atoms with Crippen LogP contribution in [0.2, 0.25) is 0 Å². The first-order chi connectivity index (χ1) is 9.66. The largest absolute Gasteiger partial charge is 0.398 e. The molecule has 1 aromatic carbocycles. The van der Waals surface area contributed by atoms with Crippen LogP contribution in [-0.2, 0) is 6.54 Å². The van der Waals surface area contributed by atoms with E-state index in [0.717, 1.165) is 35.1 Å². The van der Waals surface area contributed by atoms with Crippen molar-refractivity contribution < 1.29 is 0 Å². The van der Waals surface area contributed by atoms with Gasteiger partial charge < -0.3 is 5.73 Å². The minimum Gasteiger partial charge on any atom is -0.398 e. The van der Waals surface area contributed by atoms with E-state index < -0.39 is 0 Å². The van der Waals surface area contributed by atoms with Crippen molar-refractivity contribution in [2.45, 2.75) is 39.7 Å². The lowest BCUT2D eigenvalue weighted by Crippen LogP contribution is -2.15. The fourth-order valence-corrected chi connectivity index (χ4v) is 3.11. The monoisotopic (exact) mass is 271 g/mol.